The summed E-state index contributed by atoms with van der Waals surface area (Å²) in [5.74, 6) is 9.40. The lowest BCUT2D eigenvalue weighted by atomic mass is 9.75. The van der Waals surface area contributed by atoms with Gasteiger partial charge >= 0.3 is 30.5 Å². The molecule has 5 aliphatic carbocycles. The van der Waals surface area contributed by atoms with Crippen molar-refractivity contribution in [3.05, 3.63) is 0 Å². The highest BCUT2D eigenvalue weighted by Crippen LogP contribution is 2.39. The topological polar surface area (TPSA) is 183 Å². The summed E-state index contributed by atoms with van der Waals surface area (Å²) in [6.45, 7) is 49.1. The van der Waals surface area contributed by atoms with Crippen LogP contribution in [0, 0.1) is 94.7 Å². The Labute approximate surface area is 521 Å². The first-order valence-electron chi connectivity index (χ1n) is 34.7. The molecule has 0 aliphatic heterocycles. The highest BCUT2D eigenvalue weighted by Gasteiger charge is 2.38. The Hall–Kier alpha value is -3.65. The number of hydrogen-bond acceptors (Lipinski definition) is 10. The van der Waals surface area contributed by atoms with Gasteiger partial charge in [-0.15, -0.1) is 0 Å². The second-order valence-electron chi connectivity index (χ2n) is 28.8. The summed E-state index contributed by atoms with van der Waals surface area (Å²) in [7, 11) is 1.61. The number of nitrogens with zero attached hydrogens (tertiary/aromatic N) is 1. The van der Waals surface area contributed by atoms with Crippen molar-refractivity contribution in [2.75, 3.05) is 39.8 Å². The first kappa shape index (κ1) is 79.4. The Balaban J connectivity index is 0.000000532. The van der Waals surface area contributed by atoms with Crippen LogP contribution in [0.25, 0.3) is 0 Å². The molecule has 5 fully saturated rings. The Morgan fingerprint density at radius 1 is 0.400 bits per heavy atom. The lowest BCUT2D eigenvalue weighted by Crippen LogP contribution is -2.40. The zero-order chi connectivity index (χ0) is 64.5. The molecular weight excluding hydrogens is 1070 g/mol. The van der Waals surface area contributed by atoms with Gasteiger partial charge in [-0.1, -0.05) is 163 Å². The minimum absolute atomic E-state index is 0.0981. The van der Waals surface area contributed by atoms with Gasteiger partial charge in [0.2, 0.25) is 0 Å². The Bertz CT molecular complexity index is 1810. The van der Waals surface area contributed by atoms with Crippen molar-refractivity contribution in [2.45, 2.75) is 285 Å². The molecular formula is C70H135N5O10. The summed E-state index contributed by atoms with van der Waals surface area (Å²) in [5.41, 5.74) is 0. The minimum atomic E-state index is -0.292. The van der Waals surface area contributed by atoms with E-state index >= 15 is 0 Å². The van der Waals surface area contributed by atoms with Gasteiger partial charge in [0, 0.05) is 39.8 Å². The van der Waals surface area contributed by atoms with Gasteiger partial charge in [-0.05, 0) is 186 Å². The van der Waals surface area contributed by atoms with Gasteiger partial charge in [-0.3, -0.25) is 0 Å². The van der Waals surface area contributed by atoms with Crippen LogP contribution in [-0.4, -0.2) is 106 Å². The Morgan fingerprint density at radius 3 is 0.941 bits per heavy atom. The van der Waals surface area contributed by atoms with Crippen molar-refractivity contribution < 1.29 is 47.7 Å². The minimum Gasteiger partial charge on any atom is -0.446 e. The molecule has 0 spiro atoms. The van der Waals surface area contributed by atoms with Crippen LogP contribution in [0.4, 0.5) is 24.0 Å². The molecule has 0 aromatic heterocycles. The molecule has 0 aromatic rings. The molecule has 85 heavy (non-hydrogen) atoms. The quantitative estimate of drug-likeness (QED) is 0.0761. The van der Waals surface area contributed by atoms with Crippen LogP contribution in [0.5, 0.6) is 0 Å². The summed E-state index contributed by atoms with van der Waals surface area (Å²) in [6.07, 6.45) is 18.8. The molecule has 5 saturated carbocycles. The molecule has 15 atom stereocenters. The fourth-order valence-corrected chi connectivity index (χ4v) is 13.5. The monoisotopic (exact) mass is 1210 g/mol. The highest BCUT2D eigenvalue weighted by molar-refractivity contribution is 5.69. The van der Waals surface area contributed by atoms with E-state index in [0.29, 0.717) is 108 Å². The van der Waals surface area contributed by atoms with E-state index < -0.39 is 0 Å². The standard InChI is InChI=1S/3C15H29NO2.C13H25NO2.C12H23NO2/c1-10(2)9-16-15(17)18-14-8-12(5)6-7-13(14)11(3)4;1-6-16(7-2)15(17)18-14-10-12(5)8-9-13(14)11(3)4;1-5-6-9-16-15(17)18-14-10-12(4)7-8-13(14)11(2)3;1-5-14-13(15)16-12-8-10(4)6-7-11(12)9(2)3;1-8(2)10-6-5-9(3)7-11(10)15-12(14)13-4/h10-14H,6-9H2,1-5H3,(H,16,17);11-14H,6-10H2,1-5H3;11-14H,5-10H2,1-4H3,(H,16,17);9-12H,5-8H2,1-4H3,(H,14,15);8-11H,5-7H2,1-4H3,(H,13,14)/t3*12-,13+,14-;10-,11+,12-;9-,10+,11-/m11111/s1. The molecule has 0 aromatic carbocycles. The van der Waals surface area contributed by atoms with Crippen LogP contribution >= 0.6 is 0 Å². The maximum Gasteiger partial charge on any atom is 0.410 e. The van der Waals surface area contributed by atoms with Crippen molar-refractivity contribution in [3.63, 3.8) is 0 Å². The number of carbonyl (C=O) groups is 5. The van der Waals surface area contributed by atoms with E-state index in [9.17, 15) is 24.0 Å². The number of alkyl carbamates (subject to hydrolysis) is 4. The van der Waals surface area contributed by atoms with Gasteiger partial charge in [0.05, 0.1) is 0 Å². The molecule has 4 N–H and O–H groups in total. The van der Waals surface area contributed by atoms with Crippen molar-refractivity contribution in [1.82, 2.24) is 26.2 Å². The molecule has 0 radical (unpaired) electrons. The Morgan fingerprint density at radius 2 is 0.682 bits per heavy atom. The van der Waals surface area contributed by atoms with Gasteiger partial charge in [0.25, 0.3) is 0 Å². The zero-order valence-electron chi connectivity index (χ0n) is 58.7. The van der Waals surface area contributed by atoms with Gasteiger partial charge in [-0.25, -0.2) is 24.0 Å². The van der Waals surface area contributed by atoms with Crippen LogP contribution in [0.2, 0.25) is 0 Å². The fourth-order valence-electron chi connectivity index (χ4n) is 13.5. The maximum absolute atomic E-state index is 12.1. The van der Waals surface area contributed by atoms with Crippen molar-refractivity contribution in [3.8, 4) is 0 Å². The van der Waals surface area contributed by atoms with Crippen LogP contribution < -0.4 is 21.3 Å². The number of carbonyl (C=O) groups excluding carboxylic acids is 5. The molecule has 15 heteroatoms. The molecule has 15 nitrogen and oxygen atoms in total. The van der Waals surface area contributed by atoms with E-state index in [2.05, 4.69) is 146 Å². The lowest BCUT2D eigenvalue weighted by molar-refractivity contribution is -0.00916. The number of unbranched alkanes of at least 4 members (excludes halogenated alkanes) is 1. The molecule has 0 heterocycles. The first-order chi connectivity index (χ1) is 40.0. The highest BCUT2D eigenvalue weighted by atomic mass is 16.6. The van der Waals surface area contributed by atoms with E-state index in [1.807, 2.05) is 20.8 Å². The summed E-state index contributed by atoms with van der Waals surface area (Å²) >= 11 is 0. The molecule has 5 amide bonds. The zero-order valence-corrected chi connectivity index (χ0v) is 58.7. The number of hydrogen-bond donors (Lipinski definition) is 4. The third kappa shape index (κ3) is 31.9. The van der Waals surface area contributed by atoms with Crippen molar-refractivity contribution in [1.29, 1.82) is 0 Å². The second-order valence-corrected chi connectivity index (χ2v) is 28.8. The Kier molecular flexibility index (Phi) is 40.2. The van der Waals surface area contributed by atoms with Gasteiger partial charge in [0.15, 0.2) is 0 Å². The fraction of sp³-hybridized carbons (Fsp3) is 0.929. The number of ether oxygens (including phenoxy) is 5. The third-order valence-corrected chi connectivity index (χ3v) is 19.1. The molecule has 500 valence electrons. The number of amides is 5. The smallest absolute Gasteiger partial charge is 0.410 e. The number of nitrogens with one attached hydrogen (secondary N) is 4. The molecule has 5 aliphatic rings. The van der Waals surface area contributed by atoms with Crippen LogP contribution in [0.1, 0.15) is 255 Å². The lowest BCUT2D eigenvalue weighted by Gasteiger charge is -2.37. The normalized spacial score (nSPS) is 29.2. The summed E-state index contributed by atoms with van der Waals surface area (Å²) in [4.78, 5) is 60.0. The van der Waals surface area contributed by atoms with E-state index in [1.165, 1.54) is 64.2 Å². The predicted octanol–water partition coefficient (Wildman–Crippen LogP) is 17.7. The molecule has 0 unspecified atom stereocenters. The average Bonchev–Trinajstić information content (AvgIpc) is 3.60. The summed E-state index contributed by atoms with van der Waals surface area (Å²) in [5, 5.41) is 10.9. The summed E-state index contributed by atoms with van der Waals surface area (Å²) in [6, 6.07) is 0. The largest absolute Gasteiger partial charge is 0.446 e. The van der Waals surface area contributed by atoms with Crippen molar-refractivity contribution in [2.24, 2.45) is 94.7 Å². The van der Waals surface area contributed by atoms with Crippen molar-refractivity contribution >= 4 is 30.5 Å². The van der Waals surface area contributed by atoms with Crippen LogP contribution in [0.15, 0.2) is 0 Å². The third-order valence-electron chi connectivity index (χ3n) is 19.1. The van der Waals surface area contributed by atoms with E-state index in [1.54, 1.807) is 11.9 Å². The number of rotatable bonds is 18. The predicted molar refractivity (Wildman–Crippen MR) is 349 cm³/mol. The van der Waals surface area contributed by atoms with Gasteiger partial charge < -0.3 is 49.9 Å². The van der Waals surface area contributed by atoms with E-state index in [-0.39, 0.29) is 61.0 Å². The van der Waals surface area contributed by atoms with Gasteiger partial charge in [0.1, 0.15) is 30.5 Å². The maximum atomic E-state index is 12.1. The van der Waals surface area contributed by atoms with Gasteiger partial charge in [-0.2, -0.15) is 0 Å². The molecule has 0 bridgehead atoms. The molecule has 0 saturated heterocycles. The summed E-state index contributed by atoms with van der Waals surface area (Å²) < 4.78 is 28.0. The van der Waals surface area contributed by atoms with E-state index in [0.717, 1.165) is 64.6 Å². The SMILES string of the molecule is CC(C)CNC(=O)O[C@@H]1C[C@H](C)CC[C@H]1C(C)C.CCCCNC(=O)O[C@@H]1C[C@H](C)CC[C@H]1C(C)C.CCN(CC)C(=O)O[C@@H]1C[C@H](C)CC[C@H]1C(C)C.CCNC(=O)O[C@@H]1C[C@H](C)CC[C@H]1C(C)C.CNC(=O)O[C@@H]1C[C@H](C)CC[C@H]1C(C)C. The van der Waals surface area contributed by atoms with E-state index in [4.69, 9.17) is 23.7 Å². The first-order valence-corrected chi connectivity index (χ1v) is 34.7. The van der Waals surface area contributed by atoms with Crippen LogP contribution in [-0.2, 0) is 23.7 Å². The average molecular weight is 1210 g/mol. The van der Waals surface area contributed by atoms with Crippen LogP contribution in [0.3, 0.4) is 0 Å². The second kappa shape index (κ2) is 43.1. The molecule has 5 rings (SSSR count).